The topological polar surface area (TPSA) is 149 Å². The molecule has 0 saturated carbocycles. The Balaban J connectivity index is 1.68. The second kappa shape index (κ2) is 10.6. The average Bonchev–Trinajstić information content (AvgIpc) is 2.82. The number of hydrogen-bond acceptors (Lipinski definition) is 5. The number of carbonyl (C=O) groups is 2. The van der Waals surface area contributed by atoms with Crippen molar-refractivity contribution in [2.24, 2.45) is 11.5 Å². The number of nitrogens with two attached hydrogens (primary N) is 2. The number of hydrogen-bond donors (Lipinski definition) is 4. The maximum Gasteiger partial charge on any atom is 0.416 e. The van der Waals surface area contributed by atoms with Gasteiger partial charge in [0.25, 0.3) is 5.91 Å². The summed E-state index contributed by atoms with van der Waals surface area (Å²) in [7, 11) is 0. The highest BCUT2D eigenvalue weighted by Gasteiger charge is 2.37. The molecule has 1 fully saturated rings. The van der Waals surface area contributed by atoms with E-state index in [1.54, 1.807) is 29.2 Å². The molecule has 35 heavy (non-hydrogen) atoms. The van der Waals surface area contributed by atoms with Crippen LogP contribution in [-0.4, -0.2) is 41.8 Å². The van der Waals surface area contributed by atoms with Crippen molar-refractivity contribution in [2.75, 3.05) is 13.1 Å². The van der Waals surface area contributed by atoms with E-state index in [0.717, 1.165) is 11.6 Å². The van der Waals surface area contributed by atoms with Crippen LogP contribution in [0.1, 0.15) is 51.4 Å². The van der Waals surface area contributed by atoms with Gasteiger partial charge in [-0.15, -0.1) is 0 Å². The zero-order chi connectivity index (χ0) is 25.8. The zero-order valence-corrected chi connectivity index (χ0v) is 18.7. The van der Waals surface area contributed by atoms with Crippen molar-refractivity contribution in [2.45, 2.75) is 37.4 Å². The molecular weight excluding hydrogens is 461 g/mol. The van der Waals surface area contributed by atoms with E-state index in [9.17, 15) is 22.8 Å². The molecule has 1 heterocycles. The molecule has 1 aliphatic rings. The molecule has 11 heteroatoms. The molecule has 8 nitrogen and oxygen atoms in total. The van der Waals surface area contributed by atoms with Crippen LogP contribution in [0.4, 0.5) is 13.2 Å². The molecule has 3 rings (SSSR count). The summed E-state index contributed by atoms with van der Waals surface area (Å²) in [5, 5.41) is 17.9. The third-order valence-corrected chi connectivity index (χ3v) is 5.97. The Hall–Kier alpha value is -3.91. The second-order valence-corrected chi connectivity index (χ2v) is 8.39. The molecular formula is C24H25F3N6O2. The van der Waals surface area contributed by atoms with Gasteiger partial charge in [0, 0.05) is 18.7 Å². The van der Waals surface area contributed by atoms with Gasteiger partial charge in [0.2, 0.25) is 5.91 Å². The van der Waals surface area contributed by atoms with E-state index in [0.29, 0.717) is 18.4 Å². The second-order valence-electron chi connectivity index (χ2n) is 8.39. The third kappa shape index (κ3) is 6.36. The normalized spacial score (nSPS) is 15.2. The lowest BCUT2D eigenvalue weighted by Gasteiger charge is -2.34. The van der Waals surface area contributed by atoms with Gasteiger partial charge >= 0.3 is 6.18 Å². The molecule has 0 bridgehead atoms. The molecule has 184 valence electrons. The lowest BCUT2D eigenvalue weighted by molar-refractivity contribution is -0.139. The van der Waals surface area contributed by atoms with E-state index in [1.807, 2.05) is 11.4 Å². The molecule has 0 aliphatic carbocycles. The van der Waals surface area contributed by atoms with Crippen molar-refractivity contribution in [3.63, 3.8) is 0 Å². The van der Waals surface area contributed by atoms with E-state index in [2.05, 4.69) is 0 Å². The number of nitriles is 1. The van der Waals surface area contributed by atoms with Crippen molar-refractivity contribution < 1.29 is 22.8 Å². The van der Waals surface area contributed by atoms with Crippen LogP contribution >= 0.6 is 0 Å². The van der Waals surface area contributed by atoms with Crippen molar-refractivity contribution in [3.05, 3.63) is 70.3 Å². The molecule has 1 saturated heterocycles. The van der Waals surface area contributed by atoms with Crippen molar-refractivity contribution in [1.29, 1.82) is 10.7 Å². The highest BCUT2D eigenvalue weighted by atomic mass is 19.4. The quantitative estimate of drug-likeness (QED) is 0.378. The fourth-order valence-electron chi connectivity index (χ4n) is 4.20. The molecule has 0 spiro atoms. The molecule has 0 aromatic heterocycles. The lowest BCUT2D eigenvalue weighted by Crippen LogP contribution is -2.47. The predicted molar refractivity (Wildman–Crippen MR) is 122 cm³/mol. The van der Waals surface area contributed by atoms with Crippen LogP contribution in [0.3, 0.4) is 0 Å². The van der Waals surface area contributed by atoms with Gasteiger partial charge in [-0.1, -0.05) is 18.2 Å². The van der Waals surface area contributed by atoms with Gasteiger partial charge in [0.15, 0.2) is 5.96 Å². The monoisotopic (exact) mass is 486 g/mol. The number of likely N-dealkylation sites (tertiary alicyclic amines) is 1. The Morgan fingerprint density at radius 1 is 1.17 bits per heavy atom. The van der Waals surface area contributed by atoms with E-state index in [4.69, 9.17) is 22.1 Å². The third-order valence-electron chi connectivity index (χ3n) is 5.97. The summed E-state index contributed by atoms with van der Waals surface area (Å²) in [5.41, 5.74) is 11.4. The Bertz CT molecular complexity index is 1150. The molecule has 6 N–H and O–H groups in total. The van der Waals surface area contributed by atoms with Crippen molar-refractivity contribution in [1.82, 2.24) is 10.2 Å². The molecule has 2 aromatic rings. The van der Waals surface area contributed by atoms with E-state index < -0.39 is 35.6 Å². The number of alkyl halides is 3. The predicted octanol–water partition coefficient (Wildman–Crippen LogP) is 2.48. The molecule has 2 amide bonds. The van der Waals surface area contributed by atoms with Crippen LogP contribution in [0.2, 0.25) is 0 Å². The summed E-state index contributed by atoms with van der Waals surface area (Å²) < 4.78 is 41.3. The summed E-state index contributed by atoms with van der Waals surface area (Å²) in [6.45, 7) is 0.517. The van der Waals surface area contributed by atoms with Gasteiger partial charge in [-0.05, 0) is 60.6 Å². The molecule has 1 atom stereocenters. The first kappa shape index (κ1) is 25.7. The first-order valence-electron chi connectivity index (χ1n) is 10.9. The number of benzene rings is 2. The van der Waals surface area contributed by atoms with Crippen LogP contribution in [0.15, 0.2) is 42.5 Å². The van der Waals surface area contributed by atoms with Crippen LogP contribution in [0, 0.1) is 16.7 Å². The van der Waals surface area contributed by atoms with Crippen molar-refractivity contribution in [3.8, 4) is 6.07 Å². The van der Waals surface area contributed by atoms with Gasteiger partial charge in [-0.2, -0.15) is 18.4 Å². The number of nitrogens with one attached hydrogen (secondary N) is 2. The summed E-state index contributed by atoms with van der Waals surface area (Å²) in [5.74, 6) is -2.29. The number of amides is 2. The van der Waals surface area contributed by atoms with Crippen LogP contribution in [0.5, 0.6) is 0 Å². The van der Waals surface area contributed by atoms with E-state index in [1.165, 1.54) is 12.1 Å². The SMILES string of the molecule is N#Cc1ccc(CC(N)C(=O)N2CCC(c3ccc(C(=O)NC(=N)N)cc3C(F)(F)F)CC2)cc1. The minimum Gasteiger partial charge on any atom is -0.370 e. The van der Waals surface area contributed by atoms with Gasteiger partial charge in [0.1, 0.15) is 0 Å². The maximum atomic E-state index is 13.8. The van der Waals surface area contributed by atoms with Crippen molar-refractivity contribution >= 4 is 17.8 Å². The first-order chi connectivity index (χ1) is 16.5. The van der Waals surface area contributed by atoms with Gasteiger partial charge in [0.05, 0.1) is 23.2 Å². The smallest absolute Gasteiger partial charge is 0.370 e. The Labute approximate surface area is 200 Å². The minimum absolute atomic E-state index is 0.0610. The maximum absolute atomic E-state index is 13.8. The number of guanidine groups is 1. The number of nitrogens with zero attached hydrogens (tertiary/aromatic N) is 2. The molecule has 1 unspecified atom stereocenters. The Kier molecular flexibility index (Phi) is 7.76. The Morgan fingerprint density at radius 3 is 2.34 bits per heavy atom. The summed E-state index contributed by atoms with van der Waals surface area (Å²) >= 11 is 0. The van der Waals surface area contributed by atoms with Crippen LogP contribution in [-0.2, 0) is 17.4 Å². The average molecular weight is 486 g/mol. The van der Waals surface area contributed by atoms with E-state index >= 15 is 0 Å². The fraction of sp³-hybridized carbons (Fsp3) is 0.333. The first-order valence-corrected chi connectivity index (χ1v) is 10.9. The highest BCUT2D eigenvalue weighted by Crippen LogP contribution is 2.39. The standard InChI is InChI=1S/C24H25F3N6O2/c25-24(26,27)19-12-17(21(34)32-23(30)31)5-6-18(19)16-7-9-33(10-8-16)22(35)20(29)11-14-1-3-15(13-28)4-2-14/h1-6,12,16,20H,7-11,29H2,(H4,30,31,32,34). The largest absolute Gasteiger partial charge is 0.416 e. The molecule has 1 aliphatic heterocycles. The van der Waals surface area contributed by atoms with Crippen LogP contribution < -0.4 is 16.8 Å². The zero-order valence-electron chi connectivity index (χ0n) is 18.7. The summed E-state index contributed by atoms with van der Waals surface area (Å²) in [6.07, 6.45) is -3.76. The number of halogens is 3. The van der Waals surface area contributed by atoms with E-state index in [-0.39, 0.29) is 36.5 Å². The summed E-state index contributed by atoms with van der Waals surface area (Å²) in [6, 6.07) is 11.3. The highest BCUT2D eigenvalue weighted by molar-refractivity contribution is 6.04. The fourth-order valence-corrected chi connectivity index (χ4v) is 4.20. The summed E-state index contributed by atoms with van der Waals surface area (Å²) in [4.78, 5) is 26.4. The number of piperidine rings is 1. The van der Waals surface area contributed by atoms with Crippen LogP contribution in [0.25, 0.3) is 0 Å². The van der Waals surface area contributed by atoms with Gasteiger partial charge in [-0.25, -0.2) is 0 Å². The number of rotatable bonds is 5. The van der Waals surface area contributed by atoms with Gasteiger partial charge < -0.3 is 16.4 Å². The Morgan fingerprint density at radius 2 is 1.80 bits per heavy atom. The molecule has 2 aromatic carbocycles. The lowest BCUT2D eigenvalue weighted by atomic mass is 9.85. The minimum atomic E-state index is -4.68. The molecule has 0 radical (unpaired) electrons. The van der Waals surface area contributed by atoms with Gasteiger partial charge in [-0.3, -0.25) is 20.3 Å². The number of carbonyl (C=O) groups excluding carboxylic acids is 2.